The van der Waals surface area contributed by atoms with E-state index in [0.717, 1.165) is 79.5 Å². The normalized spacial score (nSPS) is 17.0. The average molecular weight is 472 g/mol. The number of hydrogen-bond donors (Lipinski definition) is 2. The van der Waals surface area contributed by atoms with E-state index in [0.29, 0.717) is 5.57 Å². The standard InChI is InChI=1S/C29H33N3O3/c1-19-24(8-5-11-32-12-14-35-15-13-32)20(2)30-27(19)18-26-25-10-9-22(17-28(25)31-29(26)33)21-6-4-7-23(16-21)34-3/h4,6-7,9-10,16-18,30H,5,8,11-15H2,1-3H3,(H,31,33). The Morgan fingerprint density at radius 2 is 1.89 bits per heavy atom. The molecular formula is C29H33N3O3. The molecule has 6 heteroatoms. The Morgan fingerprint density at radius 1 is 1.09 bits per heavy atom. The van der Waals surface area contributed by atoms with Crippen molar-refractivity contribution in [3.05, 3.63) is 70.5 Å². The molecule has 0 bridgehead atoms. The van der Waals surface area contributed by atoms with Crippen LogP contribution in [0.25, 0.3) is 22.8 Å². The number of benzene rings is 2. The zero-order valence-corrected chi connectivity index (χ0v) is 20.7. The first kappa shape index (κ1) is 23.4. The number of aromatic nitrogens is 1. The maximum Gasteiger partial charge on any atom is 0.256 e. The zero-order chi connectivity index (χ0) is 24.4. The van der Waals surface area contributed by atoms with E-state index in [2.05, 4.69) is 35.1 Å². The highest BCUT2D eigenvalue weighted by molar-refractivity contribution is 6.35. The van der Waals surface area contributed by atoms with Crippen molar-refractivity contribution >= 4 is 23.2 Å². The van der Waals surface area contributed by atoms with Crippen molar-refractivity contribution in [2.45, 2.75) is 26.7 Å². The Kier molecular flexibility index (Phi) is 6.75. The first-order valence-electron chi connectivity index (χ1n) is 12.3. The number of anilines is 1. The summed E-state index contributed by atoms with van der Waals surface area (Å²) in [6, 6.07) is 14.1. The van der Waals surface area contributed by atoms with E-state index in [1.807, 2.05) is 42.5 Å². The topological polar surface area (TPSA) is 66.6 Å². The van der Waals surface area contributed by atoms with Gasteiger partial charge in [0.05, 0.1) is 25.9 Å². The highest BCUT2D eigenvalue weighted by Gasteiger charge is 2.25. The van der Waals surface area contributed by atoms with E-state index < -0.39 is 0 Å². The summed E-state index contributed by atoms with van der Waals surface area (Å²) in [7, 11) is 1.67. The van der Waals surface area contributed by atoms with Crippen molar-refractivity contribution in [2.75, 3.05) is 45.3 Å². The van der Waals surface area contributed by atoms with Crippen molar-refractivity contribution in [3.8, 4) is 16.9 Å². The third-order valence-electron chi connectivity index (χ3n) is 7.13. The number of H-pyrrole nitrogens is 1. The fraction of sp³-hybridized carbons (Fsp3) is 0.345. The largest absolute Gasteiger partial charge is 0.497 e. The van der Waals surface area contributed by atoms with Gasteiger partial charge in [-0.2, -0.15) is 0 Å². The molecule has 0 atom stereocenters. The fourth-order valence-electron chi connectivity index (χ4n) is 5.10. The van der Waals surface area contributed by atoms with E-state index in [9.17, 15) is 4.79 Å². The number of nitrogens with one attached hydrogen (secondary N) is 2. The fourth-order valence-corrected chi connectivity index (χ4v) is 5.10. The van der Waals surface area contributed by atoms with Crippen LogP contribution in [-0.4, -0.2) is 55.7 Å². The van der Waals surface area contributed by atoms with E-state index in [1.165, 1.54) is 16.8 Å². The average Bonchev–Trinajstić information content (AvgIpc) is 3.34. The van der Waals surface area contributed by atoms with Gasteiger partial charge in [0.2, 0.25) is 0 Å². The van der Waals surface area contributed by atoms with Gasteiger partial charge in [0.15, 0.2) is 0 Å². The first-order valence-corrected chi connectivity index (χ1v) is 12.3. The Morgan fingerprint density at radius 3 is 2.69 bits per heavy atom. The number of carbonyl (C=O) groups excluding carboxylic acids is 1. The van der Waals surface area contributed by atoms with Gasteiger partial charge in [0.1, 0.15) is 5.75 Å². The van der Waals surface area contributed by atoms with Gasteiger partial charge < -0.3 is 19.8 Å². The van der Waals surface area contributed by atoms with Gasteiger partial charge in [-0.15, -0.1) is 0 Å². The minimum Gasteiger partial charge on any atom is -0.497 e. The van der Waals surface area contributed by atoms with Crippen LogP contribution in [0, 0.1) is 13.8 Å². The molecule has 0 spiro atoms. The molecule has 1 aromatic heterocycles. The molecule has 2 aliphatic heterocycles. The molecule has 0 aliphatic carbocycles. The Bertz CT molecular complexity index is 1270. The molecule has 35 heavy (non-hydrogen) atoms. The van der Waals surface area contributed by atoms with E-state index in [4.69, 9.17) is 9.47 Å². The summed E-state index contributed by atoms with van der Waals surface area (Å²) in [4.78, 5) is 18.9. The molecule has 0 saturated carbocycles. The molecule has 5 rings (SSSR count). The lowest BCUT2D eigenvalue weighted by Gasteiger charge is -2.26. The minimum atomic E-state index is -0.0664. The van der Waals surface area contributed by atoms with Crippen molar-refractivity contribution in [1.29, 1.82) is 0 Å². The highest BCUT2D eigenvalue weighted by Crippen LogP contribution is 2.37. The van der Waals surface area contributed by atoms with Crippen molar-refractivity contribution in [3.63, 3.8) is 0 Å². The molecule has 182 valence electrons. The SMILES string of the molecule is COc1cccc(-c2ccc3c(c2)NC(=O)C3=Cc2[nH]c(C)c(CCCN3CCOCC3)c2C)c1. The highest BCUT2D eigenvalue weighted by atomic mass is 16.5. The molecule has 0 radical (unpaired) electrons. The van der Waals surface area contributed by atoms with Crippen molar-refractivity contribution < 1.29 is 14.3 Å². The number of aromatic amines is 1. The molecule has 2 aliphatic rings. The molecule has 6 nitrogen and oxygen atoms in total. The van der Waals surface area contributed by atoms with Crippen LogP contribution in [0.4, 0.5) is 5.69 Å². The summed E-state index contributed by atoms with van der Waals surface area (Å²) < 4.78 is 10.8. The quantitative estimate of drug-likeness (QED) is 0.473. The second-order valence-electron chi connectivity index (χ2n) is 9.33. The summed E-state index contributed by atoms with van der Waals surface area (Å²) in [6.45, 7) is 9.10. The summed E-state index contributed by atoms with van der Waals surface area (Å²) in [5.74, 6) is 0.745. The Balaban J connectivity index is 1.36. The van der Waals surface area contributed by atoms with Crippen LogP contribution < -0.4 is 10.1 Å². The van der Waals surface area contributed by atoms with Gasteiger partial charge in [-0.25, -0.2) is 0 Å². The third-order valence-corrected chi connectivity index (χ3v) is 7.13. The number of methoxy groups -OCH3 is 1. The number of aryl methyl sites for hydroxylation is 1. The second kappa shape index (κ2) is 10.1. The molecular weight excluding hydrogens is 438 g/mol. The number of morpholine rings is 1. The summed E-state index contributed by atoms with van der Waals surface area (Å²) >= 11 is 0. The molecule has 3 aromatic rings. The molecule has 1 saturated heterocycles. The van der Waals surface area contributed by atoms with Gasteiger partial charge in [-0.3, -0.25) is 9.69 Å². The Labute approximate surface area is 206 Å². The number of carbonyl (C=O) groups is 1. The number of amides is 1. The van der Waals surface area contributed by atoms with Gasteiger partial charge in [-0.1, -0.05) is 24.3 Å². The smallest absolute Gasteiger partial charge is 0.256 e. The summed E-state index contributed by atoms with van der Waals surface area (Å²) in [6.07, 6.45) is 4.15. The maximum absolute atomic E-state index is 12.9. The maximum atomic E-state index is 12.9. The summed E-state index contributed by atoms with van der Waals surface area (Å²) in [5.41, 5.74) is 9.34. The van der Waals surface area contributed by atoms with Crippen LogP contribution >= 0.6 is 0 Å². The van der Waals surface area contributed by atoms with Gasteiger partial charge in [-0.05, 0) is 79.8 Å². The van der Waals surface area contributed by atoms with E-state index >= 15 is 0 Å². The van der Waals surface area contributed by atoms with Crippen LogP contribution in [0.1, 0.15) is 34.5 Å². The van der Waals surface area contributed by atoms with Crippen molar-refractivity contribution in [2.24, 2.45) is 0 Å². The lowest BCUT2D eigenvalue weighted by Crippen LogP contribution is -2.36. The van der Waals surface area contributed by atoms with E-state index in [1.54, 1.807) is 7.11 Å². The molecule has 1 fully saturated rings. The number of fused-ring (bicyclic) bond motifs is 1. The van der Waals surface area contributed by atoms with Crippen LogP contribution in [0.15, 0.2) is 42.5 Å². The summed E-state index contributed by atoms with van der Waals surface area (Å²) in [5, 5.41) is 3.05. The number of rotatable bonds is 7. The predicted octanol–water partition coefficient (Wildman–Crippen LogP) is 5.06. The molecule has 3 heterocycles. The predicted molar refractivity (Wildman–Crippen MR) is 141 cm³/mol. The Hall–Kier alpha value is -3.35. The van der Waals surface area contributed by atoms with Gasteiger partial charge in [0.25, 0.3) is 5.91 Å². The van der Waals surface area contributed by atoms with Crippen LogP contribution in [0.3, 0.4) is 0 Å². The third kappa shape index (κ3) is 4.90. The van der Waals surface area contributed by atoms with Gasteiger partial charge >= 0.3 is 0 Å². The first-order chi connectivity index (χ1) is 17.0. The molecule has 1 amide bonds. The van der Waals surface area contributed by atoms with Crippen LogP contribution in [0.2, 0.25) is 0 Å². The number of hydrogen-bond acceptors (Lipinski definition) is 4. The second-order valence-corrected chi connectivity index (χ2v) is 9.33. The van der Waals surface area contributed by atoms with E-state index in [-0.39, 0.29) is 5.91 Å². The van der Waals surface area contributed by atoms with Gasteiger partial charge in [0, 0.05) is 35.7 Å². The molecule has 2 N–H and O–H groups in total. The minimum absolute atomic E-state index is 0.0664. The lowest BCUT2D eigenvalue weighted by molar-refractivity contribution is -0.110. The lowest BCUT2D eigenvalue weighted by atomic mass is 9.99. The van der Waals surface area contributed by atoms with Crippen LogP contribution in [0.5, 0.6) is 5.75 Å². The van der Waals surface area contributed by atoms with Crippen molar-refractivity contribution in [1.82, 2.24) is 9.88 Å². The zero-order valence-electron chi connectivity index (χ0n) is 20.7. The molecule has 2 aromatic carbocycles. The number of ether oxygens (including phenoxy) is 2. The molecule has 0 unspecified atom stereocenters. The number of nitrogens with zero attached hydrogens (tertiary/aromatic N) is 1. The van der Waals surface area contributed by atoms with Crippen LogP contribution in [-0.2, 0) is 16.0 Å². The monoisotopic (exact) mass is 471 g/mol.